The molecule has 0 aromatic heterocycles. The normalized spacial score (nSPS) is 11.8. The molecule has 0 aliphatic heterocycles. The second-order valence-corrected chi connectivity index (χ2v) is 5.48. The van der Waals surface area contributed by atoms with Gasteiger partial charge < -0.3 is 19.3 Å². The number of ether oxygens (including phenoxy) is 3. The van der Waals surface area contributed by atoms with E-state index in [0.717, 1.165) is 19.1 Å². The molecule has 6 nitrogen and oxygen atoms in total. The average Bonchev–Trinajstić information content (AvgIpc) is 2.28. The fraction of sp³-hybridized carbons (Fsp3) is 0.429. The molecule has 0 radical (unpaired) electrons. The van der Waals surface area contributed by atoms with Crippen LogP contribution in [0.3, 0.4) is 0 Å². The molecule has 0 atom stereocenters. The van der Waals surface area contributed by atoms with Crippen LogP contribution in [0.25, 0.3) is 0 Å². The number of carbonyl (C=O) groups is 2. The summed E-state index contributed by atoms with van der Waals surface area (Å²) in [5.41, 5.74) is -1.84. The Hall–Kier alpha value is -2.45. The van der Waals surface area contributed by atoms with E-state index >= 15 is 0 Å². The first-order valence-corrected chi connectivity index (χ1v) is 6.33. The van der Waals surface area contributed by atoms with Gasteiger partial charge in [0.2, 0.25) is 0 Å². The molecular formula is C14H15F3O6. The van der Waals surface area contributed by atoms with Crippen LogP contribution in [-0.4, -0.2) is 29.2 Å². The molecule has 128 valence electrons. The van der Waals surface area contributed by atoms with Crippen LogP contribution >= 0.6 is 0 Å². The van der Waals surface area contributed by atoms with Crippen LogP contribution in [0.1, 0.15) is 36.7 Å². The van der Waals surface area contributed by atoms with Gasteiger partial charge in [0.1, 0.15) is 22.7 Å². The highest BCUT2D eigenvalue weighted by Gasteiger charge is 2.33. The third kappa shape index (κ3) is 5.68. The predicted molar refractivity (Wildman–Crippen MR) is 71.7 cm³/mol. The van der Waals surface area contributed by atoms with Crippen LogP contribution in [-0.2, 0) is 4.74 Å². The van der Waals surface area contributed by atoms with Crippen molar-refractivity contribution in [3.63, 3.8) is 0 Å². The molecule has 0 aliphatic rings. The van der Waals surface area contributed by atoms with E-state index in [-0.39, 0.29) is 5.56 Å². The van der Waals surface area contributed by atoms with Gasteiger partial charge in [-0.3, -0.25) is 0 Å². The van der Waals surface area contributed by atoms with Gasteiger partial charge in [0.15, 0.2) is 0 Å². The summed E-state index contributed by atoms with van der Waals surface area (Å²) in [6, 6.07) is 1.75. The molecule has 0 saturated carbocycles. The molecule has 0 aliphatic carbocycles. The van der Waals surface area contributed by atoms with Crippen LogP contribution in [0.2, 0.25) is 0 Å². The molecule has 0 bridgehead atoms. The lowest BCUT2D eigenvalue weighted by atomic mass is 10.1. The van der Waals surface area contributed by atoms with Gasteiger partial charge in [0, 0.05) is 5.56 Å². The molecule has 1 aromatic carbocycles. The van der Waals surface area contributed by atoms with Crippen LogP contribution in [0.15, 0.2) is 12.1 Å². The van der Waals surface area contributed by atoms with Crippen molar-refractivity contribution in [1.82, 2.24) is 0 Å². The zero-order chi connectivity index (χ0) is 18.0. The van der Waals surface area contributed by atoms with Gasteiger partial charge in [-0.1, -0.05) is 0 Å². The van der Waals surface area contributed by atoms with E-state index in [1.54, 1.807) is 20.8 Å². The Balaban J connectivity index is 3.17. The minimum Gasteiger partial charge on any atom is -0.478 e. The lowest BCUT2D eigenvalue weighted by Gasteiger charge is -2.20. The largest absolute Gasteiger partial charge is 0.573 e. The number of rotatable bonds is 3. The van der Waals surface area contributed by atoms with Crippen molar-refractivity contribution < 1.29 is 42.1 Å². The smallest absolute Gasteiger partial charge is 0.478 e. The molecule has 0 spiro atoms. The molecule has 9 heteroatoms. The molecule has 0 unspecified atom stereocenters. The monoisotopic (exact) mass is 336 g/mol. The highest BCUT2D eigenvalue weighted by molar-refractivity contribution is 5.94. The number of hydrogen-bond donors (Lipinski definition) is 1. The molecule has 1 N–H and O–H groups in total. The summed E-state index contributed by atoms with van der Waals surface area (Å²) in [5.74, 6) is -2.72. The fourth-order valence-electron chi connectivity index (χ4n) is 1.61. The number of carboxylic acids is 1. The van der Waals surface area contributed by atoms with Gasteiger partial charge in [0.05, 0.1) is 0 Å². The highest BCUT2D eigenvalue weighted by Crippen LogP contribution is 2.33. The van der Waals surface area contributed by atoms with E-state index in [2.05, 4.69) is 4.74 Å². The molecule has 0 amide bonds. The Kier molecular flexibility index (Phi) is 5.13. The molecule has 23 heavy (non-hydrogen) atoms. The molecule has 1 aromatic rings. The number of aromatic carboxylic acids is 1. The van der Waals surface area contributed by atoms with Gasteiger partial charge in [-0.2, -0.15) is 0 Å². The van der Waals surface area contributed by atoms with Gasteiger partial charge in [-0.05, 0) is 39.8 Å². The number of carboxylic acid groups (broad SMARTS) is 1. The summed E-state index contributed by atoms with van der Waals surface area (Å²) < 4.78 is 50.2. The van der Waals surface area contributed by atoms with Gasteiger partial charge in [-0.25, -0.2) is 9.59 Å². The first kappa shape index (κ1) is 18.6. The predicted octanol–water partition coefficient (Wildman–Crippen LogP) is 3.91. The maximum atomic E-state index is 12.3. The van der Waals surface area contributed by atoms with E-state index in [4.69, 9.17) is 14.6 Å². The first-order valence-electron chi connectivity index (χ1n) is 6.33. The Morgan fingerprint density at radius 3 is 2.04 bits per heavy atom. The molecule has 0 fully saturated rings. The molecule has 0 saturated heterocycles. The summed E-state index contributed by atoms with van der Waals surface area (Å²) in [6.07, 6.45) is -6.16. The Bertz CT molecular complexity index is 616. The van der Waals surface area contributed by atoms with Crippen LogP contribution in [0.4, 0.5) is 18.0 Å². The Morgan fingerprint density at radius 1 is 1.09 bits per heavy atom. The van der Waals surface area contributed by atoms with Crippen LogP contribution < -0.4 is 9.47 Å². The third-order valence-corrected chi connectivity index (χ3v) is 2.40. The zero-order valence-electron chi connectivity index (χ0n) is 12.8. The van der Waals surface area contributed by atoms with Crippen molar-refractivity contribution in [2.75, 3.05) is 0 Å². The lowest BCUT2D eigenvalue weighted by molar-refractivity contribution is -0.274. The number of hydrogen-bond acceptors (Lipinski definition) is 5. The molecule has 0 heterocycles. The van der Waals surface area contributed by atoms with Crippen LogP contribution in [0.5, 0.6) is 11.5 Å². The number of carbonyl (C=O) groups excluding carboxylic acids is 1. The van der Waals surface area contributed by atoms with E-state index in [1.807, 2.05) is 0 Å². The summed E-state index contributed by atoms with van der Waals surface area (Å²) >= 11 is 0. The summed E-state index contributed by atoms with van der Waals surface area (Å²) in [6.45, 7) is 5.81. The standard InChI is InChI=1S/C14H15F3O6/c1-7-8(22-14(15,16)17)5-6-9(10(7)11(18)19)21-12(20)23-13(2,3)4/h5-6H,1-4H3,(H,18,19). The van der Waals surface area contributed by atoms with Crippen molar-refractivity contribution in [2.45, 2.75) is 39.7 Å². The SMILES string of the molecule is Cc1c(OC(F)(F)F)ccc(OC(=O)OC(C)(C)C)c1C(=O)O. The summed E-state index contributed by atoms with van der Waals surface area (Å²) in [7, 11) is 0. The maximum absolute atomic E-state index is 12.3. The zero-order valence-corrected chi connectivity index (χ0v) is 12.8. The van der Waals surface area contributed by atoms with Gasteiger partial charge in [-0.15, -0.1) is 13.2 Å². The fourth-order valence-corrected chi connectivity index (χ4v) is 1.61. The minimum absolute atomic E-state index is 0.337. The Morgan fingerprint density at radius 2 is 1.61 bits per heavy atom. The molecule has 1 rings (SSSR count). The minimum atomic E-state index is -4.98. The van der Waals surface area contributed by atoms with E-state index < -0.39 is 41.2 Å². The summed E-state index contributed by atoms with van der Waals surface area (Å²) in [4.78, 5) is 22.8. The number of alkyl halides is 3. The second-order valence-electron chi connectivity index (χ2n) is 5.48. The van der Waals surface area contributed by atoms with E-state index in [1.165, 1.54) is 0 Å². The van der Waals surface area contributed by atoms with Gasteiger partial charge >= 0.3 is 18.5 Å². The van der Waals surface area contributed by atoms with Crippen molar-refractivity contribution in [2.24, 2.45) is 0 Å². The highest BCUT2D eigenvalue weighted by atomic mass is 19.4. The Labute approximate surface area is 129 Å². The van der Waals surface area contributed by atoms with Gasteiger partial charge in [0.25, 0.3) is 0 Å². The van der Waals surface area contributed by atoms with Crippen molar-refractivity contribution in [3.05, 3.63) is 23.3 Å². The van der Waals surface area contributed by atoms with E-state index in [9.17, 15) is 22.8 Å². The van der Waals surface area contributed by atoms with Crippen molar-refractivity contribution in [1.29, 1.82) is 0 Å². The van der Waals surface area contributed by atoms with Crippen LogP contribution in [0, 0.1) is 6.92 Å². The third-order valence-electron chi connectivity index (χ3n) is 2.40. The number of benzene rings is 1. The quantitative estimate of drug-likeness (QED) is 0.666. The summed E-state index contributed by atoms with van der Waals surface area (Å²) in [5, 5.41) is 9.15. The van der Waals surface area contributed by atoms with Crippen molar-refractivity contribution >= 4 is 12.1 Å². The maximum Gasteiger partial charge on any atom is 0.573 e. The average molecular weight is 336 g/mol. The first-order chi connectivity index (χ1) is 10.3. The lowest BCUT2D eigenvalue weighted by Crippen LogP contribution is -2.26. The topological polar surface area (TPSA) is 82.1 Å². The van der Waals surface area contributed by atoms with Crippen molar-refractivity contribution in [3.8, 4) is 11.5 Å². The second kappa shape index (κ2) is 6.35. The number of halogens is 3. The van der Waals surface area contributed by atoms with E-state index in [0.29, 0.717) is 0 Å². The molecular weight excluding hydrogens is 321 g/mol.